The van der Waals surface area contributed by atoms with Gasteiger partial charge in [-0.15, -0.1) is 0 Å². The molecule has 4 rings (SSSR count). The molecule has 0 aliphatic carbocycles. The van der Waals surface area contributed by atoms with Gasteiger partial charge < -0.3 is 25.6 Å². The van der Waals surface area contributed by atoms with Crippen molar-refractivity contribution in [2.24, 2.45) is 16.5 Å². The number of nitrogens with two attached hydrogens (primary N) is 2. The van der Waals surface area contributed by atoms with Crippen LogP contribution >= 0.6 is 0 Å². The Kier molecular flexibility index (Phi) is 5.67. The van der Waals surface area contributed by atoms with Crippen molar-refractivity contribution >= 4 is 11.5 Å². The molecule has 29 heavy (non-hydrogen) atoms. The Bertz CT molecular complexity index is 779. The van der Waals surface area contributed by atoms with Crippen molar-refractivity contribution in [2.45, 2.75) is 24.7 Å². The van der Waals surface area contributed by atoms with E-state index < -0.39 is 5.79 Å². The van der Waals surface area contributed by atoms with Crippen LogP contribution in [0.2, 0.25) is 0 Å². The molecule has 0 saturated carbocycles. The number of benzene rings is 1. The third-order valence-corrected chi connectivity index (χ3v) is 6.34. The van der Waals surface area contributed by atoms with Crippen molar-refractivity contribution in [1.82, 2.24) is 15.1 Å². The van der Waals surface area contributed by atoms with Gasteiger partial charge in [0, 0.05) is 63.3 Å². The zero-order chi connectivity index (χ0) is 20.4. The fourth-order valence-electron chi connectivity index (χ4n) is 4.53. The first-order chi connectivity index (χ1) is 14.0. The summed E-state index contributed by atoms with van der Waals surface area (Å²) in [5.41, 5.74) is 14.2. The molecule has 8 nitrogen and oxygen atoms in total. The molecular weight excluding hydrogens is 366 g/mol. The van der Waals surface area contributed by atoms with Gasteiger partial charge >= 0.3 is 0 Å². The molecular formula is C21H33N7O. The maximum atomic E-state index is 6.45. The molecule has 2 saturated heterocycles. The molecule has 3 aliphatic rings. The Morgan fingerprint density at radius 1 is 1.14 bits per heavy atom. The number of piperidine rings is 1. The number of piperazine rings is 1. The summed E-state index contributed by atoms with van der Waals surface area (Å²) in [7, 11) is 3.87. The summed E-state index contributed by atoms with van der Waals surface area (Å²) in [6.07, 6.45) is 5.80. The van der Waals surface area contributed by atoms with Gasteiger partial charge in [-0.05, 0) is 38.1 Å². The monoisotopic (exact) mass is 399 g/mol. The Hall–Kier alpha value is -2.29. The molecule has 0 spiro atoms. The third-order valence-electron chi connectivity index (χ3n) is 6.34. The number of nitrogens with one attached hydrogen (secondary N) is 1. The minimum atomic E-state index is -1.11. The van der Waals surface area contributed by atoms with Crippen LogP contribution in [0.15, 0.2) is 35.5 Å². The first-order valence-electron chi connectivity index (χ1n) is 10.4. The number of methoxy groups -OCH3 is 1. The summed E-state index contributed by atoms with van der Waals surface area (Å²) in [5.74, 6) is -0.00850. The van der Waals surface area contributed by atoms with Gasteiger partial charge in [-0.3, -0.25) is 10.6 Å². The molecule has 0 amide bonds. The van der Waals surface area contributed by atoms with Crippen molar-refractivity contribution in [1.29, 1.82) is 0 Å². The highest BCUT2D eigenvalue weighted by molar-refractivity contribution is 5.92. The number of nitrogens with zero attached hydrogens (tertiary/aromatic N) is 4. The first-order valence-corrected chi connectivity index (χ1v) is 10.4. The molecule has 0 aromatic heterocycles. The second-order valence-electron chi connectivity index (χ2n) is 8.22. The molecule has 5 N–H and O–H groups in total. The highest BCUT2D eigenvalue weighted by Gasteiger charge is 2.32. The van der Waals surface area contributed by atoms with Gasteiger partial charge in [0.1, 0.15) is 11.6 Å². The van der Waals surface area contributed by atoms with E-state index in [1.807, 2.05) is 6.07 Å². The summed E-state index contributed by atoms with van der Waals surface area (Å²) in [6, 6.07) is 6.85. The van der Waals surface area contributed by atoms with Crippen molar-refractivity contribution in [2.75, 3.05) is 58.3 Å². The highest BCUT2D eigenvalue weighted by atomic mass is 16.5. The molecule has 8 heteroatoms. The molecule has 3 heterocycles. The largest absolute Gasteiger partial charge is 0.496 e. The molecule has 158 valence electrons. The van der Waals surface area contributed by atoms with E-state index in [0.29, 0.717) is 17.6 Å². The van der Waals surface area contributed by atoms with Crippen LogP contribution in [0.5, 0.6) is 5.75 Å². The van der Waals surface area contributed by atoms with E-state index in [4.69, 9.17) is 16.2 Å². The number of amidine groups is 1. The molecule has 1 unspecified atom stereocenters. The second-order valence-corrected chi connectivity index (χ2v) is 8.22. The number of rotatable bonds is 4. The Morgan fingerprint density at radius 3 is 2.52 bits per heavy atom. The average molecular weight is 400 g/mol. The third kappa shape index (κ3) is 4.19. The predicted molar refractivity (Wildman–Crippen MR) is 117 cm³/mol. The van der Waals surface area contributed by atoms with E-state index in [1.165, 1.54) is 39.0 Å². The molecule has 1 aromatic rings. The Labute approximate surface area is 173 Å². The summed E-state index contributed by atoms with van der Waals surface area (Å²) in [4.78, 5) is 11.9. The van der Waals surface area contributed by atoms with E-state index in [1.54, 1.807) is 19.4 Å². The maximum absolute atomic E-state index is 6.45. The van der Waals surface area contributed by atoms with Gasteiger partial charge in [0.05, 0.1) is 12.7 Å². The Morgan fingerprint density at radius 2 is 1.86 bits per heavy atom. The zero-order valence-electron chi connectivity index (χ0n) is 17.5. The molecule has 0 radical (unpaired) electrons. The van der Waals surface area contributed by atoms with Crippen LogP contribution in [0.3, 0.4) is 0 Å². The van der Waals surface area contributed by atoms with Gasteiger partial charge in [-0.1, -0.05) is 0 Å². The zero-order valence-corrected chi connectivity index (χ0v) is 17.5. The number of anilines is 1. The van der Waals surface area contributed by atoms with E-state index in [2.05, 4.69) is 44.2 Å². The van der Waals surface area contributed by atoms with E-state index in [-0.39, 0.29) is 0 Å². The highest BCUT2D eigenvalue weighted by Crippen LogP contribution is 2.34. The topological polar surface area (TPSA) is 95.4 Å². The van der Waals surface area contributed by atoms with Gasteiger partial charge in [-0.25, -0.2) is 4.99 Å². The molecule has 1 aromatic carbocycles. The van der Waals surface area contributed by atoms with Crippen LogP contribution < -0.4 is 26.4 Å². The fraction of sp³-hybridized carbons (Fsp3) is 0.571. The van der Waals surface area contributed by atoms with Crippen molar-refractivity contribution < 1.29 is 4.74 Å². The number of ether oxygens (including phenoxy) is 1. The lowest BCUT2D eigenvalue weighted by Gasteiger charge is -2.42. The lowest BCUT2D eigenvalue weighted by molar-refractivity contribution is 0.0982. The number of hydrogen-bond donors (Lipinski definition) is 3. The molecule has 1 atom stereocenters. The van der Waals surface area contributed by atoms with E-state index in [0.717, 1.165) is 24.3 Å². The second kappa shape index (κ2) is 8.22. The molecule has 3 aliphatic heterocycles. The fourth-order valence-corrected chi connectivity index (χ4v) is 4.53. The standard InChI is InChI=1S/C21H33N7O/c1-26-11-13-28(14-12-26)16-6-9-27(10-7-16)17-3-4-18(19(15-17)29-2)21(23)24-8-5-20(22)25-21/h3-5,8,15-16,24H,6-7,9-14,23H2,1-2H3,(H2,22,25). The minimum absolute atomic E-state index is 0.392. The number of aliphatic imine (C=N–C) groups is 1. The minimum Gasteiger partial charge on any atom is -0.496 e. The average Bonchev–Trinajstić information content (AvgIpc) is 2.74. The van der Waals surface area contributed by atoms with Crippen molar-refractivity contribution in [3.05, 3.63) is 36.0 Å². The van der Waals surface area contributed by atoms with Crippen LogP contribution in [-0.2, 0) is 5.79 Å². The van der Waals surface area contributed by atoms with Crippen LogP contribution in [0.1, 0.15) is 18.4 Å². The smallest absolute Gasteiger partial charge is 0.214 e. The van der Waals surface area contributed by atoms with Gasteiger partial charge in [0.15, 0.2) is 0 Å². The Balaban J connectivity index is 1.44. The molecule has 2 fully saturated rings. The lowest BCUT2D eigenvalue weighted by Crippen LogP contribution is -2.52. The van der Waals surface area contributed by atoms with Crippen LogP contribution in [0, 0.1) is 0 Å². The summed E-state index contributed by atoms with van der Waals surface area (Å²) >= 11 is 0. The summed E-state index contributed by atoms with van der Waals surface area (Å²) < 4.78 is 5.66. The summed E-state index contributed by atoms with van der Waals surface area (Å²) in [5, 5.41) is 3.09. The van der Waals surface area contributed by atoms with Gasteiger partial charge in [-0.2, -0.15) is 0 Å². The predicted octanol–water partition coefficient (Wildman–Crippen LogP) is 0.455. The van der Waals surface area contributed by atoms with Crippen LogP contribution in [0.25, 0.3) is 0 Å². The van der Waals surface area contributed by atoms with E-state index in [9.17, 15) is 0 Å². The number of likely N-dealkylation sites (N-methyl/N-ethyl adjacent to an activating group) is 1. The summed E-state index contributed by atoms with van der Waals surface area (Å²) in [6.45, 7) is 6.84. The van der Waals surface area contributed by atoms with Crippen LogP contribution in [0.4, 0.5) is 5.69 Å². The van der Waals surface area contributed by atoms with E-state index >= 15 is 0 Å². The maximum Gasteiger partial charge on any atom is 0.214 e. The first kappa shape index (κ1) is 20.0. The lowest BCUT2D eigenvalue weighted by atomic mass is 10.0. The quantitative estimate of drug-likeness (QED) is 0.677. The SMILES string of the molecule is COc1cc(N2CCC(N3CCN(C)CC3)CC2)ccc1C1(N)N=C(N)C=CN1. The number of hydrogen-bond acceptors (Lipinski definition) is 8. The normalized spacial score (nSPS) is 26.9. The van der Waals surface area contributed by atoms with Crippen molar-refractivity contribution in [3.8, 4) is 5.75 Å². The van der Waals surface area contributed by atoms with Crippen LogP contribution in [-0.4, -0.2) is 75.1 Å². The van der Waals surface area contributed by atoms with Crippen molar-refractivity contribution in [3.63, 3.8) is 0 Å². The van der Waals surface area contributed by atoms with Gasteiger partial charge in [0.2, 0.25) is 5.79 Å². The van der Waals surface area contributed by atoms with Gasteiger partial charge in [0.25, 0.3) is 0 Å². The molecule has 0 bridgehead atoms.